The van der Waals surface area contributed by atoms with Gasteiger partial charge in [-0.05, 0) is 25.7 Å². The van der Waals surface area contributed by atoms with Crippen molar-refractivity contribution in [1.82, 2.24) is 9.97 Å². The molecule has 0 saturated carbocycles. The number of nitrogens with zero attached hydrogens (tertiary/aromatic N) is 2. The first-order valence-electron chi connectivity index (χ1n) is 6.92. The summed E-state index contributed by atoms with van der Waals surface area (Å²) in [5, 5.41) is 6.73. The lowest BCUT2D eigenvalue weighted by molar-refractivity contribution is 0.509. The molecule has 0 bridgehead atoms. The summed E-state index contributed by atoms with van der Waals surface area (Å²) < 4.78 is 0. The van der Waals surface area contributed by atoms with Crippen molar-refractivity contribution in [3.05, 3.63) is 11.8 Å². The predicted octanol–water partition coefficient (Wildman–Crippen LogP) is 3.45. The number of rotatable bonds is 7. The van der Waals surface area contributed by atoms with Gasteiger partial charge in [0.15, 0.2) is 0 Å². The van der Waals surface area contributed by atoms with Gasteiger partial charge in [-0.3, -0.25) is 0 Å². The molecule has 18 heavy (non-hydrogen) atoms. The van der Waals surface area contributed by atoms with E-state index in [1.165, 1.54) is 0 Å². The van der Waals surface area contributed by atoms with Gasteiger partial charge in [-0.2, -0.15) is 4.98 Å². The van der Waals surface area contributed by atoms with Crippen LogP contribution >= 0.6 is 0 Å². The highest BCUT2D eigenvalue weighted by Gasteiger charge is 2.12. The van der Waals surface area contributed by atoms with Gasteiger partial charge in [-0.1, -0.05) is 27.7 Å². The predicted molar refractivity (Wildman–Crippen MR) is 78.1 cm³/mol. The molecule has 1 heterocycles. The fourth-order valence-electron chi connectivity index (χ4n) is 1.89. The minimum atomic E-state index is 0.457. The molecular formula is C14H26N4. The molecule has 0 saturated heterocycles. The Balaban J connectivity index is 2.78. The molecule has 1 rings (SSSR count). The van der Waals surface area contributed by atoms with Crippen LogP contribution in [0.1, 0.15) is 46.2 Å². The first-order valence-corrected chi connectivity index (χ1v) is 6.92. The number of aryl methyl sites for hydroxylation is 1. The van der Waals surface area contributed by atoms with Crippen molar-refractivity contribution in [1.29, 1.82) is 0 Å². The van der Waals surface area contributed by atoms with Gasteiger partial charge >= 0.3 is 0 Å². The topological polar surface area (TPSA) is 49.8 Å². The second-order valence-corrected chi connectivity index (χ2v) is 5.05. The van der Waals surface area contributed by atoms with Crippen LogP contribution in [0.3, 0.4) is 0 Å². The summed E-state index contributed by atoms with van der Waals surface area (Å²) >= 11 is 0. The zero-order valence-corrected chi connectivity index (χ0v) is 12.2. The van der Waals surface area contributed by atoms with Gasteiger partial charge < -0.3 is 10.6 Å². The molecule has 0 aliphatic rings. The Morgan fingerprint density at radius 2 is 1.94 bits per heavy atom. The summed E-state index contributed by atoms with van der Waals surface area (Å²) in [5.41, 5.74) is 0.990. The number of hydrogen-bond donors (Lipinski definition) is 2. The maximum absolute atomic E-state index is 4.51. The summed E-state index contributed by atoms with van der Waals surface area (Å²) in [6.07, 6.45) is 2.17. The van der Waals surface area contributed by atoms with Crippen molar-refractivity contribution in [2.45, 2.75) is 53.5 Å². The standard InChI is InChI=1S/C14H26N4/c1-6-8-15-14-16-11(5)9-13(18-14)17-12(7-2)10(3)4/h9-10,12H,6-8H2,1-5H3,(H2,15,16,17,18). The van der Waals surface area contributed by atoms with Crippen LogP contribution in [0.4, 0.5) is 11.8 Å². The molecule has 1 unspecified atom stereocenters. The largest absolute Gasteiger partial charge is 0.367 e. The van der Waals surface area contributed by atoms with E-state index in [0.29, 0.717) is 12.0 Å². The van der Waals surface area contributed by atoms with E-state index in [2.05, 4.69) is 48.3 Å². The maximum Gasteiger partial charge on any atom is 0.224 e. The van der Waals surface area contributed by atoms with Crippen molar-refractivity contribution in [3.63, 3.8) is 0 Å². The van der Waals surface area contributed by atoms with Gasteiger partial charge in [0.05, 0.1) is 0 Å². The maximum atomic E-state index is 4.51. The van der Waals surface area contributed by atoms with Crippen LogP contribution in [0.15, 0.2) is 6.07 Å². The van der Waals surface area contributed by atoms with E-state index in [1.807, 2.05) is 13.0 Å². The van der Waals surface area contributed by atoms with E-state index in [9.17, 15) is 0 Å². The average Bonchev–Trinajstić information content (AvgIpc) is 2.32. The fraction of sp³-hybridized carbons (Fsp3) is 0.714. The van der Waals surface area contributed by atoms with Gasteiger partial charge in [0.2, 0.25) is 5.95 Å². The lowest BCUT2D eigenvalue weighted by Gasteiger charge is -2.21. The van der Waals surface area contributed by atoms with E-state index in [1.54, 1.807) is 0 Å². The Morgan fingerprint density at radius 1 is 1.22 bits per heavy atom. The molecule has 1 aromatic heterocycles. The van der Waals surface area contributed by atoms with E-state index >= 15 is 0 Å². The smallest absolute Gasteiger partial charge is 0.224 e. The highest BCUT2D eigenvalue weighted by Crippen LogP contribution is 2.15. The third kappa shape index (κ3) is 4.51. The van der Waals surface area contributed by atoms with Crippen LogP contribution in [0.25, 0.3) is 0 Å². The minimum absolute atomic E-state index is 0.457. The molecule has 0 radical (unpaired) electrons. The van der Waals surface area contributed by atoms with Crippen molar-refractivity contribution in [3.8, 4) is 0 Å². The molecule has 0 spiro atoms. The Labute approximate surface area is 111 Å². The monoisotopic (exact) mass is 250 g/mol. The average molecular weight is 250 g/mol. The van der Waals surface area contributed by atoms with E-state index in [4.69, 9.17) is 0 Å². The lowest BCUT2D eigenvalue weighted by atomic mass is 10.0. The first-order chi connectivity index (χ1) is 8.56. The minimum Gasteiger partial charge on any atom is -0.367 e. The number of aromatic nitrogens is 2. The Kier molecular flexibility index (Phi) is 5.89. The zero-order valence-electron chi connectivity index (χ0n) is 12.2. The molecule has 102 valence electrons. The van der Waals surface area contributed by atoms with Crippen LogP contribution in [0, 0.1) is 12.8 Å². The van der Waals surface area contributed by atoms with Crippen molar-refractivity contribution in [2.75, 3.05) is 17.2 Å². The van der Waals surface area contributed by atoms with E-state index < -0.39 is 0 Å². The summed E-state index contributed by atoms with van der Waals surface area (Å²) in [6.45, 7) is 11.7. The van der Waals surface area contributed by atoms with Gasteiger partial charge in [0, 0.05) is 24.3 Å². The molecule has 0 aliphatic carbocycles. The molecule has 1 aromatic rings. The second-order valence-electron chi connectivity index (χ2n) is 5.05. The fourth-order valence-corrected chi connectivity index (χ4v) is 1.89. The molecule has 1 atom stereocenters. The van der Waals surface area contributed by atoms with Gasteiger partial charge in [0.25, 0.3) is 0 Å². The molecule has 0 aliphatic heterocycles. The number of hydrogen-bond acceptors (Lipinski definition) is 4. The normalized spacial score (nSPS) is 12.6. The van der Waals surface area contributed by atoms with Crippen molar-refractivity contribution >= 4 is 11.8 Å². The Hall–Kier alpha value is -1.32. The Bertz CT molecular complexity index is 363. The third-order valence-electron chi connectivity index (χ3n) is 2.97. The van der Waals surface area contributed by atoms with Crippen molar-refractivity contribution < 1.29 is 0 Å². The lowest BCUT2D eigenvalue weighted by Crippen LogP contribution is -2.25. The van der Waals surface area contributed by atoms with Crippen LogP contribution < -0.4 is 10.6 Å². The Morgan fingerprint density at radius 3 is 2.50 bits per heavy atom. The molecule has 0 amide bonds. The highest BCUT2D eigenvalue weighted by molar-refractivity contribution is 5.42. The number of nitrogens with one attached hydrogen (secondary N) is 2. The van der Waals surface area contributed by atoms with E-state index in [-0.39, 0.29) is 0 Å². The van der Waals surface area contributed by atoms with Crippen LogP contribution in [0.2, 0.25) is 0 Å². The summed E-state index contributed by atoms with van der Waals surface area (Å²) in [7, 11) is 0. The number of anilines is 2. The molecule has 2 N–H and O–H groups in total. The molecule has 0 aromatic carbocycles. The first kappa shape index (κ1) is 14.7. The molecule has 0 fully saturated rings. The quantitative estimate of drug-likeness (QED) is 0.778. The van der Waals surface area contributed by atoms with Gasteiger partial charge in [0.1, 0.15) is 5.82 Å². The molecular weight excluding hydrogens is 224 g/mol. The van der Waals surface area contributed by atoms with Crippen LogP contribution in [-0.2, 0) is 0 Å². The van der Waals surface area contributed by atoms with E-state index in [0.717, 1.165) is 36.8 Å². The molecule has 4 nitrogen and oxygen atoms in total. The van der Waals surface area contributed by atoms with Crippen molar-refractivity contribution in [2.24, 2.45) is 5.92 Å². The summed E-state index contributed by atoms with van der Waals surface area (Å²) in [4.78, 5) is 8.90. The highest BCUT2D eigenvalue weighted by atomic mass is 15.1. The third-order valence-corrected chi connectivity index (χ3v) is 2.97. The van der Waals surface area contributed by atoms with Gasteiger partial charge in [-0.15, -0.1) is 0 Å². The zero-order chi connectivity index (χ0) is 13.5. The summed E-state index contributed by atoms with van der Waals surface area (Å²) in [6, 6.07) is 2.46. The van der Waals surface area contributed by atoms with Crippen LogP contribution in [-0.4, -0.2) is 22.6 Å². The molecule has 4 heteroatoms. The second kappa shape index (κ2) is 7.19. The SMILES string of the molecule is CCCNc1nc(C)cc(NC(CC)C(C)C)n1. The van der Waals surface area contributed by atoms with Crippen LogP contribution in [0.5, 0.6) is 0 Å². The summed E-state index contributed by atoms with van der Waals surface area (Å²) in [5.74, 6) is 2.23. The van der Waals surface area contributed by atoms with Gasteiger partial charge in [-0.25, -0.2) is 4.98 Å².